The molecule has 0 unspecified atom stereocenters. The third-order valence-corrected chi connectivity index (χ3v) is 5.43. The van der Waals surface area contributed by atoms with Gasteiger partial charge in [0.25, 0.3) is 5.56 Å². The highest BCUT2D eigenvalue weighted by Crippen LogP contribution is 2.19. The van der Waals surface area contributed by atoms with Crippen molar-refractivity contribution in [1.82, 2.24) is 14.6 Å². The fourth-order valence-electron chi connectivity index (χ4n) is 3.03. The molecule has 1 N–H and O–H groups in total. The number of aryl methyl sites for hydroxylation is 1. The molecule has 7 heteroatoms. The van der Waals surface area contributed by atoms with Crippen LogP contribution in [0, 0.1) is 6.92 Å². The molecule has 0 amide bonds. The van der Waals surface area contributed by atoms with E-state index in [9.17, 15) is 4.79 Å². The molecule has 134 valence electrons. The first-order valence-corrected chi connectivity index (χ1v) is 9.52. The minimum absolute atomic E-state index is 0.0635. The van der Waals surface area contributed by atoms with Gasteiger partial charge in [0.2, 0.25) is 0 Å². The maximum Gasteiger partial charge on any atom is 0.289 e. The largest absolute Gasteiger partial charge is 0.378 e. The lowest BCUT2D eigenvalue weighted by atomic mass is 9.96. The standard InChI is InChI=1S/C18H25N5OS/c1-13-19-10-9-15(22(2)3)11-16-17(25-13)18(24)23(12-20-16)21-14-7-5-4-6-8-14/h9-12,14,21H,4-8H2,1-3H3. The van der Waals surface area contributed by atoms with E-state index in [4.69, 9.17) is 0 Å². The van der Waals surface area contributed by atoms with Crippen molar-refractivity contribution in [2.75, 3.05) is 24.4 Å². The Morgan fingerprint density at radius 2 is 2.00 bits per heavy atom. The molecule has 3 rings (SSSR count). The van der Waals surface area contributed by atoms with Crippen LogP contribution < -0.4 is 15.9 Å². The Bertz CT molecular complexity index is 850. The Balaban J connectivity index is 2.13. The van der Waals surface area contributed by atoms with Crippen molar-refractivity contribution in [3.63, 3.8) is 0 Å². The lowest BCUT2D eigenvalue weighted by molar-refractivity contribution is 0.435. The Morgan fingerprint density at radius 1 is 1.24 bits per heavy atom. The van der Waals surface area contributed by atoms with Crippen LogP contribution in [-0.2, 0) is 0 Å². The number of nitrogens with zero attached hydrogens (tertiary/aromatic N) is 4. The second-order valence-electron chi connectivity index (χ2n) is 6.63. The van der Waals surface area contributed by atoms with E-state index >= 15 is 0 Å². The zero-order valence-electron chi connectivity index (χ0n) is 15.0. The fourth-order valence-corrected chi connectivity index (χ4v) is 3.84. The smallest absolute Gasteiger partial charge is 0.289 e. The molecule has 0 aliphatic heterocycles. The molecule has 0 spiro atoms. The molecule has 1 aliphatic rings. The average molecular weight is 359 g/mol. The molecule has 1 aliphatic carbocycles. The first-order valence-electron chi connectivity index (χ1n) is 8.70. The highest BCUT2D eigenvalue weighted by molar-refractivity contribution is 7.17. The summed E-state index contributed by atoms with van der Waals surface area (Å²) in [5.74, 6) is 0. The van der Waals surface area contributed by atoms with Crippen molar-refractivity contribution in [2.24, 2.45) is 0 Å². The molecule has 0 saturated heterocycles. The molecule has 0 bridgehead atoms. The molecule has 2 aromatic heterocycles. The molecular formula is C18H25N5OS. The summed E-state index contributed by atoms with van der Waals surface area (Å²) in [5, 5.41) is 0.820. The van der Waals surface area contributed by atoms with E-state index in [1.54, 1.807) is 17.2 Å². The summed E-state index contributed by atoms with van der Waals surface area (Å²) in [6, 6.07) is 4.20. The molecule has 1 saturated carbocycles. The third kappa shape index (κ3) is 4.28. The van der Waals surface area contributed by atoms with E-state index < -0.39 is 0 Å². The first kappa shape index (κ1) is 17.7. The Kier molecular flexibility index (Phi) is 5.53. The first-order chi connectivity index (χ1) is 12.0. The molecule has 0 aromatic carbocycles. The topological polar surface area (TPSA) is 63.1 Å². The van der Waals surface area contributed by atoms with Crippen molar-refractivity contribution < 1.29 is 0 Å². The number of anilines is 1. The Hall–Kier alpha value is -2.15. The van der Waals surface area contributed by atoms with Crippen LogP contribution >= 0.6 is 11.3 Å². The highest BCUT2D eigenvalue weighted by atomic mass is 32.1. The summed E-state index contributed by atoms with van der Waals surface area (Å²) in [4.78, 5) is 23.9. The van der Waals surface area contributed by atoms with E-state index in [0.29, 0.717) is 16.3 Å². The van der Waals surface area contributed by atoms with E-state index in [0.717, 1.165) is 23.5 Å². The zero-order chi connectivity index (χ0) is 17.8. The summed E-state index contributed by atoms with van der Waals surface area (Å²) < 4.78 is 2.15. The van der Waals surface area contributed by atoms with Crippen molar-refractivity contribution in [3.8, 4) is 0 Å². The van der Waals surface area contributed by atoms with Gasteiger partial charge in [-0.05, 0) is 31.9 Å². The summed E-state index contributed by atoms with van der Waals surface area (Å²) >= 11 is 1.38. The minimum atomic E-state index is -0.0635. The van der Waals surface area contributed by atoms with Gasteiger partial charge in [0.15, 0.2) is 0 Å². The van der Waals surface area contributed by atoms with Gasteiger partial charge in [-0.1, -0.05) is 19.3 Å². The zero-order valence-corrected chi connectivity index (χ0v) is 15.8. The molecule has 6 nitrogen and oxygen atoms in total. The van der Waals surface area contributed by atoms with Gasteiger partial charge in [0.1, 0.15) is 11.0 Å². The maximum atomic E-state index is 13.0. The number of hydrogen-bond acceptors (Lipinski definition) is 6. The van der Waals surface area contributed by atoms with Crippen LogP contribution in [0.4, 0.5) is 5.69 Å². The highest BCUT2D eigenvalue weighted by Gasteiger charge is 2.14. The normalized spacial score (nSPS) is 15.0. The van der Waals surface area contributed by atoms with Crippen molar-refractivity contribution in [2.45, 2.75) is 45.1 Å². The summed E-state index contributed by atoms with van der Waals surface area (Å²) in [6.45, 7) is 1.91. The van der Waals surface area contributed by atoms with Gasteiger partial charge in [-0.15, -0.1) is 11.3 Å². The maximum absolute atomic E-state index is 13.0. The number of aromatic nitrogens is 3. The van der Waals surface area contributed by atoms with Crippen LogP contribution in [0.2, 0.25) is 0 Å². The van der Waals surface area contributed by atoms with Gasteiger partial charge in [0, 0.05) is 32.0 Å². The van der Waals surface area contributed by atoms with Gasteiger partial charge in [-0.3, -0.25) is 9.78 Å². The second-order valence-corrected chi connectivity index (χ2v) is 7.83. The summed E-state index contributed by atoms with van der Waals surface area (Å²) in [7, 11) is 3.92. The summed E-state index contributed by atoms with van der Waals surface area (Å²) in [6.07, 6.45) is 9.29. The second kappa shape index (κ2) is 7.82. The molecule has 2 aromatic rings. The van der Waals surface area contributed by atoms with Gasteiger partial charge in [0.05, 0.1) is 10.5 Å². The SMILES string of the molecule is Cc1nccc(N(C)C)cc2ncn(NC3CCCCC3)c(=O)c2s1. The fraction of sp³-hybridized carbons (Fsp3) is 0.500. The molecule has 0 radical (unpaired) electrons. The van der Waals surface area contributed by atoms with Crippen LogP contribution in [0.15, 0.2) is 29.5 Å². The number of fused-ring (bicyclic) bond motifs is 1. The van der Waals surface area contributed by atoms with Gasteiger partial charge >= 0.3 is 0 Å². The lowest BCUT2D eigenvalue weighted by Crippen LogP contribution is -2.36. The van der Waals surface area contributed by atoms with E-state index in [-0.39, 0.29) is 5.56 Å². The molecule has 2 heterocycles. The number of nitrogens with one attached hydrogen (secondary N) is 1. The van der Waals surface area contributed by atoms with Crippen molar-refractivity contribution >= 4 is 27.2 Å². The van der Waals surface area contributed by atoms with Crippen LogP contribution in [0.5, 0.6) is 0 Å². The van der Waals surface area contributed by atoms with Crippen LogP contribution in [0.3, 0.4) is 0 Å². The minimum Gasteiger partial charge on any atom is -0.378 e. The average Bonchev–Trinajstić information content (AvgIpc) is 2.67. The molecular weight excluding hydrogens is 334 g/mol. The van der Waals surface area contributed by atoms with Crippen LogP contribution in [0.25, 0.3) is 10.2 Å². The van der Waals surface area contributed by atoms with Crippen LogP contribution in [0.1, 0.15) is 37.1 Å². The molecule has 1 fully saturated rings. The summed E-state index contributed by atoms with van der Waals surface area (Å²) in [5.41, 5.74) is 4.91. The number of rotatable bonds is 3. The third-order valence-electron chi connectivity index (χ3n) is 4.44. The number of hydrogen-bond donors (Lipinski definition) is 1. The van der Waals surface area contributed by atoms with Gasteiger partial charge in [-0.25, -0.2) is 9.66 Å². The lowest BCUT2D eigenvalue weighted by Gasteiger charge is -2.24. The quantitative estimate of drug-likeness (QED) is 0.912. The van der Waals surface area contributed by atoms with Crippen molar-refractivity contribution in [1.29, 1.82) is 0 Å². The monoisotopic (exact) mass is 359 g/mol. The Morgan fingerprint density at radius 3 is 2.72 bits per heavy atom. The molecule has 25 heavy (non-hydrogen) atoms. The van der Waals surface area contributed by atoms with E-state index in [2.05, 4.69) is 15.4 Å². The van der Waals surface area contributed by atoms with Crippen LogP contribution in [-0.4, -0.2) is 34.8 Å². The van der Waals surface area contributed by atoms with E-state index in [1.807, 2.05) is 38.1 Å². The van der Waals surface area contributed by atoms with Crippen molar-refractivity contribution in [3.05, 3.63) is 40.0 Å². The van der Waals surface area contributed by atoms with Gasteiger partial charge in [-0.2, -0.15) is 0 Å². The molecule has 0 atom stereocenters. The van der Waals surface area contributed by atoms with Gasteiger partial charge < -0.3 is 10.3 Å². The Labute approximate surface area is 151 Å². The predicted molar refractivity (Wildman–Crippen MR) is 105 cm³/mol. The predicted octanol–water partition coefficient (Wildman–Crippen LogP) is 3.23. The van der Waals surface area contributed by atoms with E-state index in [1.165, 1.54) is 30.6 Å².